The molecule has 0 saturated heterocycles. The molecule has 0 spiro atoms. The van der Waals surface area contributed by atoms with Crippen LogP contribution < -0.4 is 4.74 Å². The van der Waals surface area contributed by atoms with Crippen LogP contribution in [-0.2, 0) is 19.3 Å². The van der Waals surface area contributed by atoms with Gasteiger partial charge in [-0.2, -0.15) is 0 Å². The Labute approximate surface area is 229 Å². The van der Waals surface area contributed by atoms with Gasteiger partial charge in [-0.25, -0.2) is 0 Å². The second-order valence-electron chi connectivity index (χ2n) is 10.2. The number of rotatable bonds is 3. The molecule has 2 nitrogen and oxygen atoms in total. The number of hydrogen-bond acceptors (Lipinski definition) is 3. The van der Waals surface area contributed by atoms with Gasteiger partial charge >= 0.3 is 0 Å². The Morgan fingerprint density at radius 1 is 1.00 bits per heavy atom. The first-order valence-electron chi connectivity index (χ1n) is 13.7. The lowest BCUT2D eigenvalue weighted by Gasteiger charge is -2.30. The SMILES string of the molecule is C1=Cc2sccc2CC=N1.CCc1ccc(Oc2cccc3ccc4c(c23)CC(C)C2=C4C=CCC2)cc1. The fourth-order valence-electron chi connectivity index (χ4n) is 5.76. The van der Waals surface area contributed by atoms with E-state index >= 15 is 0 Å². The Morgan fingerprint density at radius 3 is 2.76 bits per heavy atom. The number of fused-ring (bicyclic) bond motifs is 5. The Balaban J connectivity index is 0.000000221. The maximum absolute atomic E-state index is 6.39. The molecule has 38 heavy (non-hydrogen) atoms. The molecule has 190 valence electrons. The van der Waals surface area contributed by atoms with Gasteiger partial charge in [-0.3, -0.25) is 4.99 Å². The molecule has 2 heterocycles. The second-order valence-corrected chi connectivity index (χ2v) is 11.1. The van der Waals surface area contributed by atoms with E-state index < -0.39 is 0 Å². The maximum Gasteiger partial charge on any atom is 0.135 e. The van der Waals surface area contributed by atoms with Gasteiger partial charge in [0.25, 0.3) is 0 Å². The zero-order valence-electron chi connectivity index (χ0n) is 22.1. The Morgan fingerprint density at radius 2 is 1.89 bits per heavy atom. The van der Waals surface area contributed by atoms with Crippen LogP contribution in [0, 0.1) is 5.92 Å². The molecule has 0 N–H and O–H groups in total. The average molecular weight is 516 g/mol. The molecular formula is C35H33NOS. The molecule has 3 aliphatic rings. The second kappa shape index (κ2) is 11.0. The van der Waals surface area contributed by atoms with Crippen LogP contribution >= 0.6 is 11.3 Å². The van der Waals surface area contributed by atoms with E-state index in [4.69, 9.17) is 4.74 Å². The number of ether oxygens (including phenoxy) is 1. The van der Waals surface area contributed by atoms with Gasteiger partial charge in [0, 0.05) is 29.1 Å². The van der Waals surface area contributed by atoms with Crippen molar-refractivity contribution in [3.05, 3.63) is 117 Å². The fourth-order valence-corrected chi connectivity index (χ4v) is 6.58. The minimum absolute atomic E-state index is 0.593. The standard InChI is InChI=1S/C27H26O.C8H7NS/c1-3-19-11-14-21(15-12-19)28-26-10-6-7-20-13-16-24-23-9-5-4-8-22(23)18(2)17-25(24)27(20)26;1-4-9-5-2-8-7(1)3-6-10-8/h5-7,9-16,18H,3-4,8,17H2,1-2H3;2-6H,1H2. The van der Waals surface area contributed by atoms with E-state index in [1.807, 2.05) is 12.4 Å². The summed E-state index contributed by atoms with van der Waals surface area (Å²) in [7, 11) is 0. The van der Waals surface area contributed by atoms with Gasteiger partial charge in [0.1, 0.15) is 11.5 Å². The topological polar surface area (TPSA) is 21.6 Å². The lowest BCUT2D eigenvalue weighted by molar-refractivity contribution is 0.487. The van der Waals surface area contributed by atoms with Gasteiger partial charge in [0.05, 0.1) is 0 Å². The Hall–Kier alpha value is -3.69. The quantitative estimate of drug-likeness (QED) is 0.266. The summed E-state index contributed by atoms with van der Waals surface area (Å²) in [5.74, 6) is 2.47. The van der Waals surface area contributed by atoms with Crippen LogP contribution in [0.2, 0.25) is 0 Å². The molecule has 1 unspecified atom stereocenters. The monoisotopic (exact) mass is 515 g/mol. The van der Waals surface area contributed by atoms with E-state index in [1.165, 1.54) is 56.3 Å². The highest BCUT2D eigenvalue weighted by Gasteiger charge is 2.26. The smallest absolute Gasteiger partial charge is 0.135 e. The molecular weight excluding hydrogens is 482 g/mol. The first-order chi connectivity index (χ1) is 18.7. The minimum Gasteiger partial charge on any atom is -0.457 e. The first kappa shape index (κ1) is 24.6. The van der Waals surface area contributed by atoms with Crippen molar-refractivity contribution in [3.63, 3.8) is 0 Å². The van der Waals surface area contributed by atoms with E-state index in [1.54, 1.807) is 16.9 Å². The molecule has 0 fully saturated rings. The largest absolute Gasteiger partial charge is 0.457 e. The molecule has 7 rings (SSSR count). The van der Waals surface area contributed by atoms with E-state index in [-0.39, 0.29) is 0 Å². The number of nitrogens with zero attached hydrogens (tertiary/aromatic N) is 1. The van der Waals surface area contributed by atoms with Crippen LogP contribution in [-0.4, -0.2) is 6.21 Å². The highest BCUT2D eigenvalue weighted by Crippen LogP contribution is 2.45. The third kappa shape index (κ3) is 4.91. The first-order valence-corrected chi connectivity index (χ1v) is 14.5. The van der Waals surface area contributed by atoms with E-state index in [9.17, 15) is 0 Å². The highest BCUT2D eigenvalue weighted by atomic mass is 32.1. The van der Waals surface area contributed by atoms with Crippen molar-refractivity contribution in [2.75, 3.05) is 0 Å². The molecule has 0 radical (unpaired) electrons. The Bertz CT molecular complexity index is 1580. The van der Waals surface area contributed by atoms with Gasteiger partial charge < -0.3 is 4.74 Å². The van der Waals surface area contributed by atoms with Gasteiger partial charge in [-0.15, -0.1) is 11.3 Å². The summed E-state index contributed by atoms with van der Waals surface area (Å²) < 4.78 is 6.39. The van der Waals surface area contributed by atoms with Crippen molar-refractivity contribution in [2.24, 2.45) is 10.9 Å². The van der Waals surface area contributed by atoms with Crippen molar-refractivity contribution >= 4 is 40.0 Å². The summed E-state index contributed by atoms with van der Waals surface area (Å²) >= 11 is 1.77. The molecule has 1 aliphatic heterocycles. The zero-order chi connectivity index (χ0) is 25.9. The van der Waals surface area contributed by atoms with Crippen molar-refractivity contribution in [3.8, 4) is 11.5 Å². The summed E-state index contributed by atoms with van der Waals surface area (Å²) in [5.41, 5.74) is 8.64. The van der Waals surface area contributed by atoms with Gasteiger partial charge in [0.2, 0.25) is 0 Å². The minimum atomic E-state index is 0.593. The molecule has 0 saturated carbocycles. The van der Waals surface area contributed by atoms with Crippen LogP contribution in [0.25, 0.3) is 22.4 Å². The summed E-state index contributed by atoms with van der Waals surface area (Å²) in [5, 5.41) is 4.66. The predicted octanol–water partition coefficient (Wildman–Crippen LogP) is 9.84. The Kier molecular flexibility index (Phi) is 7.11. The molecule has 2 aliphatic carbocycles. The van der Waals surface area contributed by atoms with Gasteiger partial charge in [0.15, 0.2) is 0 Å². The van der Waals surface area contributed by atoms with Crippen LogP contribution in [0.4, 0.5) is 0 Å². The van der Waals surface area contributed by atoms with Gasteiger partial charge in [-0.05, 0) is 101 Å². The summed E-state index contributed by atoms with van der Waals surface area (Å²) in [6.07, 6.45) is 16.0. The van der Waals surface area contributed by atoms with Crippen molar-refractivity contribution in [1.82, 2.24) is 0 Å². The van der Waals surface area contributed by atoms with Crippen molar-refractivity contribution in [2.45, 2.75) is 46.0 Å². The summed E-state index contributed by atoms with van der Waals surface area (Å²) in [4.78, 5) is 5.40. The maximum atomic E-state index is 6.39. The number of aryl methyl sites for hydroxylation is 1. The van der Waals surface area contributed by atoms with Crippen molar-refractivity contribution < 1.29 is 4.74 Å². The number of hydrogen-bond donors (Lipinski definition) is 0. The van der Waals surface area contributed by atoms with Crippen LogP contribution in [0.15, 0.2) is 95.0 Å². The normalized spacial score (nSPS) is 17.3. The van der Waals surface area contributed by atoms with E-state index in [2.05, 4.69) is 103 Å². The average Bonchev–Trinajstić information content (AvgIpc) is 3.29. The van der Waals surface area contributed by atoms with Crippen LogP contribution in [0.1, 0.15) is 53.8 Å². The third-order valence-electron chi connectivity index (χ3n) is 7.79. The number of thiophene rings is 1. The molecule has 3 aromatic carbocycles. The summed E-state index contributed by atoms with van der Waals surface area (Å²) in [6.45, 7) is 4.56. The fraction of sp³-hybridized carbons (Fsp3) is 0.229. The lowest BCUT2D eigenvalue weighted by atomic mass is 9.74. The van der Waals surface area contributed by atoms with Crippen LogP contribution in [0.5, 0.6) is 11.5 Å². The van der Waals surface area contributed by atoms with Crippen LogP contribution in [0.3, 0.4) is 0 Å². The summed E-state index contributed by atoms with van der Waals surface area (Å²) in [6, 6.07) is 21.6. The zero-order valence-corrected chi connectivity index (χ0v) is 22.9. The molecule has 1 atom stereocenters. The number of allylic oxidation sites excluding steroid dienone is 4. The molecule has 0 amide bonds. The van der Waals surface area contributed by atoms with Gasteiger partial charge in [-0.1, -0.05) is 68.0 Å². The van der Waals surface area contributed by atoms with E-state index in [0.29, 0.717) is 5.92 Å². The molecule has 0 bridgehead atoms. The molecule has 3 heteroatoms. The lowest BCUT2D eigenvalue weighted by Crippen LogP contribution is -2.15. The molecule has 4 aromatic rings. The predicted molar refractivity (Wildman–Crippen MR) is 164 cm³/mol. The van der Waals surface area contributed by atoms with Crippen molar-refractivity contribution in [1.29, 1.82) is 0 Å². The number of benzene rings is 3. The van der Waals surface area contributed by atoms with E-state index in [0.717, 1.165) is 30.8 Å². The molecule has 1 aromatic heterocycles. The highest BCUT2D eigenvalue weighted by molar-refractivity contribution is 7.11. The third-order valence-corrected chi connectivity index (χ3v) is 8.71. The number of aliphatic imine (C=N–C) groups is 1.